The van der Waals surface area contributed by atoms with E-state index >= 15 is 0 Å². The van der Waals surface area contributed by atoms with Crippen molar-refractivity contribution in [2.75, 3.05) is 32.6 Å². The number of hydrogen-bond donors (Lipinski definition) is 3. The van der Waals surface area contributed by atoms with Crippen molar-refractivity contribution in [1.29, 1.82) is 0 Å². The number of hydrazine groups is 1. The summed E-state index contributed by atoms with van der Waals surface area (Å²) < 4.78 is 31.2. The van der Waals surface area contributed by atoms with Gasteiger partial charge in [-0.1, -0.05) is 0 Å². The highest BCUT2D eigenvalue weighted by Crippen LogP contribution is 2.37. The van der Waals surface area contributed by atoms with Crippen molar-refractivity contribution in [2.24, 2.45) is 16.7 Å². The van der Waals surface area contributed by atoms with E-state index in [2.05, 4.69) is 20.4 Å². The fourth-order valence-electron chi connectivity index (χ4n) is 4.56. The molecule has 35 heavy (non-hydrogen) atoms. The van der Waals surface area contributed by atoms with E-state index < -0.39 is 12.2 Å². The number of nitrogens with zero attached hydrogens (tertiary/aromatic N) is 6. The molecule has 1 amide bonds. The molecule has 188 valence electrons. The van der Waals surface area contributed by atoms with E-state index in [-0.39, 0.29) is 35.3 Å². The third-order valence-electron chi connectivity index (χ3n) is 6.31. The van der Waals surface area contributed by atoms with Gasteiger partial charge < -0.3 is 20.7 Å². The van der Waals surface area contributed by atoms with Crippen molar-refractivity contribution in [3.63, 3.8) is 0 Å². The second kappa shape index (κ2) is 9.56. The summed E-state index contributed by atoms with van der Waals surface area (Å²) in [7, 11) is 2.92. The predicted octanol–water partition coefficient (Wildman–Crippen LogP) is 1.12. The van der Waals surface area contributed by atoms with Crippen molar-refractivity contribution < 1.29 is 18.3 Å². The van der Waals surface area contributed by atoms with Crippen molar-refractivity contribution in [2.45, 2.75) is 44.6 Å². The number of halogens is 2. The zero-order valence-corrected chi connectivity index (χ0v) is 19.9. The van der Waals surface area contributed by atoms with Crippen molar-refractivity contribution in [3.8, 4) is 5.88 Å². The fraction of sp³-hybridized carbons (Fsp3) is 0.500. The van der Waals surface area contributed by atoms with Crippen LogP contribution in [0.1, 0.15) is 47.6 Å². The summed E-state index contributed by atoms with van der Waals surface area (Å²) >= 11 is 0. The number of hydrazone groups is 1. The molecule has 13 heteroatoms. The minimum atomic E-state index is -2.85. The van der Waals surface area contributed by atoms with Crippen LogP contribution in [0, 0.1) is 6.92 Å². The zero-order chi connectivity index (χ0) is 25.3. The van der Waals surface area contributed by atoms with Gasteiger partial charge in [0.05, 0.1) is 30.5 Å². The van der Waals surface area contributed by atoms with E-state index in [1.54, 1.807) is 11.9 Å². The Morgan fingerprint density at radius 3 is 2.80 bits per heavy atom. The van der Waals surface area contributed by atoms with Gasteiger partial charge in [0.15, 0.2) is 11.7 Å². The van der Waals surface area contributed by atoms with Crippen molar-refractivity contribution in [3.05, 3.63) is 40.5 Å². The number of alkyl halides is 2. The molecule has 1 saturated heterocycles. The lowest BCUT2D eigenvalue weighted by Gasteiger charge is -2.36. The molecular weight excluding hydrogens is 460 g/mol. The fourth-order valence-corrected chi connectivity index (χ4v) is 4.56. The summed E-state index contributed by atoms with van der Waals surface area (Å²) in [5.41, 5.74) is 8.43. The summed E-state index contributed by atoms with van der Waals surface area (Å²) in [5.74, 6) is 5.79. The number of amides is 1. The number of aryl methyl sites for hydroxylation is 2. The van der Waals surface area contributed by atoms with Crippen LogP contribution in [0.3, 0.4) is 0 Å². The van der Waals surface area contributed by atoms with Gasteiger partial charge in [0.2, 0.25) is 11.8 Å². The summed E-state index contributed by atoms with van der Waals surface area (Å²) in [6.07, 6.45) is -0.650. The molecule has 2 aromatic heterocycles. The maximum Gasteiger partial charge on any atom is 0.297 e. The first-order valence-corrected chi connectivity index (χ1v) is 11.2. The molecule has 0 aromatic carbocycles. The number of aromatic nitrogens is 3. The van der Waals surface area contributed by atoms with Gasteiger partial charge in [0.25, 0.3) is 6.43 Å². The predicted molar refractivity (Wildman–Crippen MR) is 125 cm³/mol. The number of carbonyl (C=O) groups excluding carboxylic acids is 1. The molecule has 1 spiro atoms. The third kappa shape index (κ3) is 5.24. The van der Waals surface area contributed by atoms with Gasteiger partial charge in [-0.05, 0) is 37.8 Å². The highest BCUT2D eigenvalue weighted by Gasteiger charge is 2.42. The average molecular weight is 490 g/mol. The standard InChI is InChI=1S/C22H29F2N9O2/c1-12-15(19(25)31-32(2)26)8-13-4-5-22(30-20(13)27-12)6-7-33(11-22)17(34)10-14-9-16(35-3)29-21(28-14)18(23)24/h8-9,18H,4-7,10-11,26H2,1-3H3,(H2,25,31)(H,27,30)/t22-/m0/s1. The van der Waals surface area contributed by atoms with Crippen LogP contribution < -0.4 is 21.6 Å². The highest BCUT2D eigenvalue weighted by molar-refractivity contribution is 5.98. The number of anilines is 1. The number of likely N-dealkylation sites (tertiary alicyclic amines) is 1. The molecule has 0 unspecified atom stereocenters. The van der Waals surface area contributed by atoms with Crippen molar-refractivity contribution in [1.82, 2.24) is 25.0 Å². The quantitative estimate of drug-likeness (QED) is 0.235. The number of rotatable bonds is 6. The van der Waals surface area contributed by atoms with Gasteiger partial charge in [-0.3, -0.25) is 4.79 Å². The summed E-state index contributed by atoms with van der Waals surface area (Å²) in [6, 6.07) is 3.38. The molecule has 0 radical (unpaired) electrons. The number of nitrogens with one attached hydrogen (secondary N) is 1. The number of amidine groups is 1. The molecule has 1 fully saturated rings. The van der Waals surface area contributed by atoms with Gasteiger partial charge >= 0.3 is 0 Å². The smallest absolute Gasteiger partial charge is 0.297 e. The molecule has 0 aliphatic carbocycles. The van der Waals surface area contributed by atoms with Gasteiger partial charge in [-0.15, -0.1) is 5.10 Å². The number of nitrogens with two attached hydrogens (primary N) is 2. The number of carbonyl (C=O) groups is 1. The Balaban J connectivity index is 1.47. The van der Waals surface area contributed by atoms with Crippen LogP contribution in [0.4, 0.5) is 14.6 Å². The molecular formula is C22H29F2N9O2. The van der Waals surface area contributed by atoms with Crippen LogP contribution in [-0.2, 0) is 17.6 Å². The van der Waals surface area contributed by atoms with E-state index in [0.717, 1.165) is 47.0 Å². The summed E-state index contributed by atoms with van der Waals surface area (Å²) in [6.45, 7) is 2.88. The Hall–Kier alpha value is -3.61. The minimum Gasteiger partial charge on any atom is -0.481 e. The normalized spacial score (nSPS) is 19.6. The summed E-state index contributed by atoms with van der Waals surface area (Å²) in [5, 5.41) is 8.76. The number of hydrogen-bond acceptors (Lipinski definition) is 9. The monoisotopic (exact) mass is 489 g/mol. The maximum absolute atomic E-state index is 13.1. The van der Waals surface area contributed by atoms with Crippen LogP contribution >= 0.6 is 0 Å². The molecule has 0 bridgehead atoms. The molecule has 2 aromatic rings. The lowest BCUT2D eigenvalue weighted by atomic mass is 9.86. The van der Waals surface area contributed by atoms with E-state index in [1.165, 1.54) is 13.2 Å². The topological polar surface area (TPSA) is 148 Å². The number of methoxy groups -OCH3 is 1. The number of fused-ring (bicyclic) bond motifs is 1. The van der Waals surface area contributed by atoms with Crippen LogP contribution in [0.5, 0.6) is 5.88 Å². The minimum absolute atomic E-state index is 0.00569. The van der Waals surface area contributed by atoms with Gasteiger partial charge in [-0.2, -0.15) is 4.98 Å². The Morgan fingerprint density at radius 1 is 1.34 bits per heavy atom. The van der Waals surface area contributed by atoms with E-state index in [1.807, 2.05) is 13.0 Å². The van der Waals surface area contributed by atoms with Gasteiger partial charge in [0, 0.05) is 31.8 Å². The SMILES string of the molecule is COc1cc(CC(=O)N2CC[C@@]3(CCc4cc(/C(N)=N/N(C)N)c(C)nc4N3)C2)nc(C(F)F)n1. The molecule has 4 heterocycles. The molecule has 2 aliphatic heterocycles. The Bertz CT molecular complexity index is 1160. The highest BCUT2D eigenvalue weighted by atomic mass is 19.3. The van der Waals surface area contributed by atoms with Crippen LogP contribution in [0.15, 0.2) is 17.2 Å². The molecule has 0 saturated carbocycles. The van der Waals surface area contributed by atoms with E-state index in [0.29, 0.717) is 13.1 Å². The van der Waals surface area contributed by atoms with Crippen LogP contribution in [0.2, 0.25) is 0 Å². The lowest BCUT2D eigenvalue weighted by Crippen LogP contribution is -2.46. The Morgan fingerprint density at radius 2 is 2.11 bits per heavy atom. The second-order valence-corrected chi connectivity index (χ2v) is 8.90. The van der Waals surface area contributed by atoms with Crippen LogP contribution in [0.25, 0.3) is 0 Å². The molecule has 2 aliphatic rings. The van der Waals surface area contributed by atoms with Crippen molar-refractivity contribution >= 4 is 17.6 Å². The van der Waals surface area contributed by atoms with Gasteiger partial charge in [-0.25, -0.2) is 29.7 Å². The van der Waals surface area contributed by atoms with E-state index in [4.69, 9.17) is 21.3 Å². The average Bonchev–Trinajstić information content (AvgIpc) is 3.21. The summed E-state index contributed by atoms with van der Waals surface area (Å²) in [4.78, 5) is 26.9. The zero-order valence-electron chi connectivity index (χ0n) is 19.9. The second-order valence-electron chi connectivity index (χ2n) is 8.90. The van der Waals surface area contributed by atoms with E-state index in [9.17, 15) is 13.6 Å². The number of pyridine rings is 1. The first-order chi connectivity index (χ1) is 16.6. The third-order valence-corrected chi connectivity index (χ3v) is 6.31. The molecule has 4 rings (SSSR count). The molecule has 11 nitrogen and oxygen atoms in total. The first kappa shape index (κ1) is 24.5. The Kier molecular flexibility index (Phi) is 6.70. The lowest BCUT2D eigenvalue weighted by molar-refractivity contribution is -0.129. The molecule has 1 atom stereocenters. The Labute approximate surface area is 201 Å². The largest absolute Gasteiger partial charge is 0.481 e. The van der Waals surface area contributed by atoms with Crippen LogP contribution in [-0.4, -0.2) is 69.5 Å². The first-order valence-electron chi connectivity index (χ1n) is 11.2. The maximum atomic E-state index is 13.1. The number of ether oxygens (including phenoxy) is 1. The molecule has 5 N–H and O–H groups in total. The van der Waals surface area contributed by atoms with Gasteiger partial charge in [0.1, 0.15) is 5.82 Å².